The number of ether oxygens (including phenoxy) is 1. The van der Waals surface area contributed by atoms with Crippen molar-refractivity contribution in [3.63, 3.8) is 0 Å². The van der Waals surface area contributed by atoms with E-state index in [4.69, 9.17) is 10.5 Å². The average Bonchev–Trinajstić information content (AvgIpc) is 2.28. The predicted molar refractivity (Wildman–Crippen MR) is 70.1 cm³/mol. The molecular formula is C14H22N2O. The minimum absolute atomic E-state index is 0.453. The molecule has 0 saturated heterocycles. The Hall–Kier alpha value is -1.06. The van der Waals surface area contributed by atoms with Crippen LogP contribution in [0.2, 0.25) is 0 Å². The largest absolute Gasteiger partial charge is 0.492 e. The van der Waals surface area contributed by atoms with Crippen molar-refractivity contribution >= 4 is 0 Å². The van der Waals surface area contributed by atoms with Gasteiger partial charge in [-0.1, -0.05) is 18.2 Å². The van der Waals surface area contributed by atoms with Crippen molar-refractivity contribution < 1.29 is 4.74 Å². The molecule has 0 heterocycles. The zero-order chi connectivity index (χ0) is 12.1. The van der Waals surface area contributed by atoms with E-state index in [-0.39, 0.29) is 0 Å². The summed E-state index contributed by atoms with van der Waals surface area (Å²) in [7, 11) is 2.15. The Labute approximate surface area is 104 Å². The summed E-state index contributed by atoms with van der Waals surface area (Å²) >= 11 is 0. The molecule has 0 bridgehead atoms. The lowest BCUT2D eigenvalue weighted by atomic mass is 9.81. The van der Waals surface area contributed by atoms with Crippen LogP contribution in [0.25, 0.3) is 0 Å². The van der Waals surface area contributed by atoms with E-state index in [1.807, 2.05) is 30.3 Å². The standard InChI is InChI=1S/C14H22N2O/c1-16(11-12-9-13(15)10-12)7-8-17-14-5-3-2-4-6-14/h2-6,12-13H,7-11,15H2,1H3. The SMILES string of the molecule is CN(CCOc1ccccc1)CC1CC(N)C1. The van der Waals surface area contributed by atoms with Crippen LogP contribution in [0.15, 0.2) is 30.3 Å². The molecule has 1 aliphatic carbocycles. The summed E-state index contributed by atoms with van der Waals surface area (Å²) in [6, 6.07) is 10.4. The fourth-order valence-electron chi connectivity index (χ4n) is 2.30. The molecule has 3 heteroatoms. The molecule has 1 saturated carbocycles. The lowest BCUT2D eigenvalue weighted by molar-refractivity contribution is 0.162. The fraction of sp³-hybridized carbons (Fsp3) is 0.571. The summed E-state index contributed by atoms with van der Waals surface area (Å²) in [6.45, 7) is 2.87. The molecule has 0 atom stereocenters. The molecule has 0 aromatic heterocycles. The van der Waals surface area contributed by atoms with Gasteiger partial charge in [0.05, 0.1) is 0 Å². The maximum absolute atomic E-state index is 5.78. The first-order valence-corrected chi connectivity index (χ1v) is 6.36. The zero-order valence-electron chi connectivity index (χ0n) is 10.5. The van der Waals surface area contributed by atoms with E-state index >= 15 is 0 Å². The number of likely N-dealkylation sites (N-methyl/N-ethyl adjacent to an activating group) is 1. The van der Waals surface area contributed by atoms with Gasteiger partial charge in [-0.2, -0.15) is 0 Å². The molecule has 0 radical (unpaired) electrons. The minimum Gasteiger partial charge on any atom is -0.492 e. The molecule has 0 amide bonds. The third-order valence-corrected chi connectivity index (χ3v) is 3.33. The van der Waals surface area contributed by atoms with Gasteiger partial charge in [0, 0.05) is 19.1 Å². The molecule has 1 aliphatic rings. The van der Waals surface area contributed by atoms with Crippen molar-refractivity contribution in [3.8, 4) is 5.75 Å². The summed E-state index contributed by atoms with van der Waals surface area (Å²) in [5.74, 6) is 1.75. The van der Waals surface area contributed by atoms with Gasteiger partial charge in [-0.05, 0) is 37.9 Å². The lowest BCUT2D eigenvalue weighted by Gasteiger charge is -2.35. The summed E-state index contributed by atoms with van der Waals surface area (Å²) in [5, 5.41) is 0. The molecule has 2 rings (SSSR count). The van der Waals surface area contributed by atoms with Crippen LogP contribution in [0.4, 0.5) is 0 Å². The summed E-state index contributed by atoms with van der Waals surface area (Å²) in [6.07, 6.45) is 2.37. The second-order valence-electron chi connectivity index (χ2n) is 5.02. The monoisotopic (exact) mass is 234 g/mol. The Morgan fingerprint density at radius 3 is 2.65 bits per heavy atom. The van der Waals surface area contributed by atoms with Gasteiger partial charge < -0.3 is 15.4 Å². The summed E-state index contributed by atoms with van der Waals surface area (Å²) < 4.78 is 5.66. The zero-order valence-corrected chi connectivity index (χ0v) is 10.5. The summed E-state index contributed by atoms with van der Waals surface area (Å²) in [5.41, 5.74) is 5.78. The predicted octanol–water partition coefficient (Wildman–Crippen LogP) is 1.73. The number of rotatable bonds is 6. The first-order chi connectivity index (χ1) is 8.24. The second kappa shape index (κ2) is 6.03. The highest BCUT2D eigenvalue weighted by Gasteiger charge is 2.26. The Morgan fingerprint density at radius 1 is 1.29 bits per heavy atom. The van der Waals surface area contributed by atoms with E-state index in [0.717, 1.165) is 31.4 Å². The number of nitrogens with two attached hydrogens (primary N) is 1. The highest BCUT2D eigenvalue weighted by Crippen LogP contribution is 2.25. The second-order valence-corrected chi connectivity index (χ2v) is 5.02. The molecule has 1 aromatic rings. The van der Waals surface area contributed by atoms with Crippen LogP contribution in [-0.4, -0.2) is 37.7 Å². The van der Waals surface area contributed by atoms with Gasteiger partial charge in [-0.3, -0.25) is 0 Å². The Bertz CT molecular complexity index is 322. The lowest BCUT2D eigenvalue weighted by Crippen LogP contribution is -2.42. The van der Waals surface area contributed by atoms with Crippen molar-refractivity contribution in [2.75, 3.05) is 26.7 Å². The van der Waals surface area contributed by atoms with Gasteiger partial charge in [0.25, 0.3) is 0 Å². The molecule has 2 N–H and O–H groups in total. The Kier molecular flexibility index (Phi) is 4.40. The van der Waals surface area contributed by atoms with Gasteiger partial charge >= 0.3 is 0 Å². The highest BCUT2D eigenvalue weighted by atomic mass is 16.5. The van der Waals surface area contributed by atoms with Crippen LogP contribution in [0.1, 0.15) is 12.8 Å². The molecule has 1 fully saturated rings. The van der Waals surface area contributed by atoms with Crippen LogP contribution < -0.4 is 10.5 Å². The molecule has 0 spiro atoms. The van der Waals surface area contributed by atoms with E-state index in [9.17, 15) is 0 Å². The van der Waals surface area contributed by atoms with Crippen molar-refractivity contribution in [1.29, 1.82) is 0 Å². The number of hydrogen-bond donors (Lipinski definition) is 1. The smallest absolute Gasteiger partial charge is 0.119 e. The number of nitrogens with zero attached hydrogens (tertiary/aromatic N) is 1. The third-order valence-electron chi connectivity index (χ3n) is 3.33. The first-order valence-electron chi connectivity index (χ1n) is 6.36. The topological polar surface area (TPSA) is 38.5 Å². The molecule has 3 nitrogen and oxygen atoms in total. The molecule has 0 unspecified atom stereocenters. The number of para-hydroxylation sites is 1. The van der Waals surface area contributed by atoms with Crippen LogP contribution in [-0.2, 0) is 0 Å². The van der Waals surface area contributed by atoms with E-state index in [1.54, 1.807) is 0 Å². The van der Waals surface area contributed by atoms with E-state index in [0.29, 0.717) is 6.04 Å². The Morgan fingerprint density at radius 2 is 2.00 bits per heavy atom. The molecule has 0 aliphatic heterocycles. The van der Waals surface area contributed by atoms with Gasteiger partial charge in [-0.25, -0.2) is 0 Å². The van der Waals surface area contributed by atoms with Gasteiger partial charge in [0.1, 0.15) is 12.4 Å². The van der Waals surface area contributed by atoms with Gasteiger partial charge in [0.15, 0.2) is 0 Å². The van der Waals surface area contributed by atoms with Gasteiger partial charge in [-0.15, -0.1) is 0 Å². The van der Waals surface area contributed by atoms with Crippen molar-refractivity contribution in [2.45, 2.75) is 18.9 Å². The maximum atomic E-state index is 5.78. The molecule has 94 valence electrons. The van der Waals surface area contributed by atoms with E-state index < -0.39 is 0 Å². The molecule has 17 heavy (non-hydrogen) atoms. The van der Waals surface area contributed by atoms with E-state index in [2.05, 4.69) is 11.9 Å². The van der Waals surface area contributed by atoms with Crippen LogP contribution in [0.5, 0.6) is 5.75 Å². The van der Waals surface area contributed by atoms with Crippen LogP contribution >= 0.6 is 0 Å². The van der Waals surface area contributed by atoms with E-state index in [1.165, 1.54) is 12.8 Å². The van der Waals surface area contributed by atoms with Gasteiger partial charge in [0.2, 0.25) is 0 Å². The highest BCUT2D eigenvalue weighted by molar-refractivity contribution is 5.20. The molecular weight excluding hydrogens is 212 g/mol. The quantitative estimate of drug-likeness (QED) is 0.814. The maximum Gasteiger partial charge on any atom is 0.119 e. The molecule has 1 aromatic carbocycles. The first kappa shape index (κ1) is 12.4. The average molecular weight is 234 g/mol. The normalized spacial score (nSPS) is 23.5. The fourth-order valence-corrected chi connectivity index (χ4v) is 2.30. The minimum atomic E-state index is 0.453. The van der Waals surface area contributed by atoms with Crippen molar-refractivity contribution in [3.05, 3.63) is 30.3 Å². The summed E-state index contributed by atoms with van der Waals surface area (Å²) in [4.78, 5) is 2.33. The van der Waals surface area contributed by atoms with Crippen molar-refractivity contribution in [1.82, 2.24) is 4.90 Å². The van der Waals surface area contributed by atoms with Crippen LogP contribution in [0.3, 0.4) is 0 Å². The van der Waals surface area contributed by atoms with Crippen LogP contribution in [0, 0.1) is 5.92 Å². The van der Waals surface area contributed by atoms with Crippen molar-refractivity contribution in [2.24, 2.45) is 11.7 Å². The number of benzene rings is 1. The number of hydrogen-bond acceptors (Lipinski definition) is 3. The Balaban J connectivity index is 1.58. The third kappa shape index (κ3) is 4.02.